The molecule has 6 nitrogen and oxygen atoms in total. The fourth-order valence-electron chi connectivity index (χ4n) is 1.50. The van der Waals surface area contributed by atoms with Gasteiger partial charge in [-0.05, 0) is 6.07 Å². The summed E-state index contributed by atoms with van der Waals surface area (Å²) >= 11 is 7.14. The number of nitrogens with one attached hydrogen (secondary N) is 1. The number of halogens is 1. The van der Waals surface area contributed by atoms with Crippen molar-refractivity contribution in [2.45, 2.75) is 11.6 Å². The third-order valence-electron chi connectivity index (χ3n) is 2.60. The Kier molecular flexibility index (Phi) is 4.82. The first-order chi connectivity index (χ1) is 9.60. The number of nitriles is 1. The van der Waals surface area contributed by atoms with E-state index in [0.29, 0.717) is 28.8 Å². The van der Waals surface area contributed by atoms with Crippen molar-refractivity contribution >= 4 is 40.4 Å². The molecular weight excluding hydrogens is 298 g/mol. The van der Waals surface area contributed by atoms with E-state index in [4.69, 9.17) is 16.9 Å². The van der Waals surface area contributed by atoms with Gasteiger partial charge < -0.3 is 9.88 Å². The minimum atomic E-state index is -0.0447. The van der Waals surface area contributed by atoms with Crippen molar-refractivity contribution in [3.05, 3.63) is 17.3 Å². The average molecular weight is 310 g/mol. The number of nitrogens with zero attached hydrogens (tertiary/aromatic N) is 4. The van der Waals surface area contributed by atoms with Gasteiger partial charge >= 0.3 is 0 Å². The predicted molar refractivity (Wildman–Crippen MR) is 77.5 cm³/mol. The highest BCUT2D eigenvalue weighted by Crippen LogP contribution is 2.20. The van der Waals surface area contributed by atoms with Crippen LogP contribution in [0.4, 0.5) is 0 Å². The molecule has 2 aromatic heterocycles. The van der Waals surface area contributed by atoms with Gasteiger partial charge in [0.1, 0.15) is 0 Å². The quantitative estimate of drug-likeness (QED) is 0.855. The van der Waals surface area contributed by atoms with Crippen LogP contribution in [0.3, 0.4) is 0 Å². The highest BCUT2D eigenvalue weighted by atomic mass is 35.5. The number of thioether (sulfide) groups is 1. The van der Waals surface area contributed by atoms with Crippen LogP contribution in [-0.2, 0) is 4.79 Å². The number of aromatic nitrogens is 3. The molecule has 0 aliphatic heterocycles. The molecule has 0 atom stereocenters. The van der Waals surface area contributed by atoms with E-state index >= 15 is 0 Å². The van der Waals surface area contributed by atoms with Crippen LogP contribution in [0.15, 0.2) is 17.4 Å². The highest BCUT2D eigenvalue weighted by molar-refractivity contribution is 7.99. The summed E-state index contributed by atoms with van der Waals surface area (Å²) in [6.07, 6.45) is 1.86. The Labute approximate surface area is 125 Å². The summed E-state index contributed by atoms with van der Waals surface area (Å²) in [5, 5.41) is 9.64. The van der Waals surface area contributed by atoms with Crippen molar-refractivity contribution < 1.29 is 4.79 Å². The summed E-state index contributed by atoms with van der Waals surface area (Å²) in [7, 11) is 1.68. The van der Waals surface area contributed by atoms with Gasteiger partial charge in [0.15, 0.2) is 10.8 Å². The molecule has 2 rings (SSSR count). The minimum Gasteiger partial charge on any atom is -0.344 e. The molecule has 0 fully saturated rings. The van der Waals surface area contributed by atoms with Gasteiger partial charge in [-0.25, -0.2) is 9.97 Å². The lowest BCUT2D eigenvalue weighted by atomic mass is 10.4. The summed E-state index contributed by atoms with van der Waals surface area (Å²) in [6.45, 7) is 0.438. The standard InChI is InChI=1S/C12H12ClN5OS/c1-18(4-2-3-14)10(19)7-20-12-16-9-5-8(13)6-15-11(9)17-12/h5-6H,2,4,7H2,1H3,(H,15,16,17). The first-order valence-corrected chi connectivity index (χ1v) is 7.21. The van der Waals surface area contributed by atoms with E-state index in [0.717, 1.165) is 5.52 Å². The maximum Gasteiger partial charge on any atom is 0.232 e. The normalized spacial score (nSPS) is 10.4. The number of hydrogen-bond acceptors (Lipinski definition) is 5. The number of rotatable bonds is 5. The maximum absolute atomic E-state index is 11.8. The number of H-pyrrole nitrogens is 1. The molecule has 0 bridgehead atoms. The Hall–Kier alpha value is -1.78. The summed E-state index contributed by atoms with van der Waals surface area (Å²) in [6, 6.07) is 3.75. The third kappa shape index (κ3) is 3.62. The Morgan fingerprint density at radius 2 is 2.45 bits per heavy atom. The van der Waals surface area contributed by atoms with Crippen molar-refractivity contribution in [3.63, 3.8) is 0 Å². The number of carbonyl (C=O) groups is 1. The number of aromatic amines is 1. The molecule has 1 amide bonds. The van der Waals surface area contributed by atoms with Gasteiger partial charge in [0.2, 0.25) is 5.91 Å². The van der Waals surface area contributed by atoms with E-state index in [1.54, 1.807) is 13.1 Å². The molecular formula is C12H12ClN5OS. The number of imidazole rings is 1. The van der Waals surface area contributed by atoms with Crippen molar-refractivity contribution in [2.75, 3.05) is 19.3 Å². The van der Waals surface area contributed by atoms with Gasteiger partial charge in [0, 0.05) is 19.8 Å². The molecule has 0 aromatic carbocycles. The fraction of sp³-hybridized carbons (Fsp3) is 0.333. The van der Waals surface area contributed by atoms with Gasteiger partial charge in [-0.1, -0.05) is 23.4 Å². The second-order valence-corrected chi connectivity index (χ2v) is 5.48. The molecule has 0 aliphatic carbocycles. The largest absolute Gasteiger partial charge is 0.344 e. The van der Waals surface area contributed by atoms with Crippen molar-refractivity contribution in [1.29, 1.82) is 5.26 Å². The van der Waals surface area contributed by atoms with Crippen LogP contribution >= 0.6 is 23.4 Å². The first kappa shape index (κ1) is 14.6. The second kappa shape index (κ2) is 6.59. The second-order valence-electron chi connectivity index (χ2n) is 4.08. The van der Waals surface area contributed by atoms with Gasteiger partial charge in [-0.2, -0.15) is 5.26 Å². The number of pyridine rings is 1. The smallest absolute Gasteiger partial charge is 0.232 e. The Morgan fingerprint density at radius 3 is 3.20 bits per heavy atom. The lowest BCUT2D eigenvalue weighted by Gasteiger charge is -2.14. The van der Waals surface area contributed by atoms with E-state index in [1.165, 1.54) is 22.9 Å². The van der Waals surface area contributed by atoms with Crippen LogP contribution < -0.4 is 0 Å². The minimum absolute atomic E-state index is 0.0447. The highest BCUT2D eigenvalue weighted by Gasteiger charge is 2.11. The monoisotopic (exact) mass is 309 g/mol. The van der Waals surface area contributed by atoms with Crippen molar-refractivity contribution in [3.8, 4) is 6.07 Å². The predicted octanol–water partition coefficient (Wildman–Crippen LogP) is 2.08. The summed E-state index contributed by atoms with van der Waals surface area (Å²) in [5.41, 5.74) is 1.31. The van der Waals surface area contributed by atoms with Crippen molar-refractivity contribution in [2.24, 2.45) is 0 Å². The van der Waals surface area contributed by atoms with Gasteiger partial charge in [0.05, 0.1) is 28.8 Å². The van der Waals surface area contributed by atoms with Gasteiger partial charge in [-0.3, -0.25) is 4.79 Å². The van der Waals surface area contributed by atoms with Gasteiger partial charge in [0.25, 0.3) is 0 Å². The number of carbonyl (C=O) groups excluding carboxylic acids is 1. The van der Waals surface area contributed by atoms with Crippen LogP contribution in [-0.4, -0.2) is 45.1 Å². The molecule has 0 spiro atoms. The average Bonchev–Trinajstić information content (AvgIpc) is 2.83. The van der Waals surface area contributed by atoms with Gasteiger partial charge in [-0.15, -0.1) is 0 Å². The fourth-order valence-corrected chi connectivity index (χ4v) is 2.48. The zero-order chi connectivity index (χ0) is 14.5. The van der Waals surface area contributed by atoms with Crippen LogP contribution in [0.5, 0.6) is 0 Å². The number of fused-ring (bicyclic) bond motifs is 1. The molecule has 2 heterocycles. The molecule has 0 saturated carbocycles. The SMILES string of the molecule is CN(CCC#N)C(=O)CSc1nc2ncc(Cl)cc2[nH]1. The number of amides is 1. The molecule has 1 N–H and O–H groups in total. The molecule has 2 aromatic rings. The number of hydrogen-bond donors (Lipinski definition) is 1. The molecule has 104 valence electrons. The molecule has 8 heteroatoms. The summed E-state index contributed by atoms with van der Waals surface area (Å²) in [4.78, 5) is 24.7. The third-order valence-corrected chi connectivity index (χ3v) is 3.66. The zero-order valence-corrected chi connectivity index (χ0v) is 12.3. The van der Waals surface area contributed by atoms with Crippen LogP contribution in [0.2, 0.25) is 5.02 Å². The molecule has 0 unspecified atom stereocenters. The van der Waals surface area contributed by atoms with E-state index in [9.17, 15) is 4.79 Å². The Bertz CT molecular complexity index is 665. The molecule has 0 radical (unpaired) electrons. The topological polar surface area (TPSA) is 85.7 Å². The van der Waals surface area contributed by atoms with E-state index in [2.05, 4.69) is 15.0 Å². The van der Waals surface area contributed by atoms with E-state index in [1.807, 2.05) is 6.07 Å². The van der Waals surface area contributed by atoms with Crippen LogP contribution in [0, 0.1) is 11.3 Å². The summed E-state index contributed by atoms with van der Waals surface area (Å²) in [5.74, 6) is 0.215. The Morgan fingerprint density at radius 1 is 1.65 bits per heavy atom. The summed E-state index contributed by atoms with van der Waals surface area (Å²) < 4.78 is 0. The molecule has 20 heavy (non-hydrogen) atoms. The zero-order valence-electron chi connectivity index (χ0n) is 10.8. The Balaban J connectivity index is 1.95. The lowest BCUT2D eigenvalue weighted by Crippen LogP contribution is -2.29. The molecule has 0 saturated heterocycles. The molecule has 0 aliphatic rings. The lowest BCUT2D eigenvalue weighted by molar-refractivity contribution is -0.127. The maximum atomic E-state index is 11.8. The van der Waals surface area contributed by atoms with E-state index in [-0.39, 0.29) is 11.7 Å². The van der Waals surface area contributed by atoms with Crippen LogP contribution in [0.1, 0.15) is 6.42 Å². The van der Waals surface area contributed by atoms with E-state index < -0.39 is 0 Å². The first-order valence-electron chi connectivity index (χ1n) is 5.85. The van der Waals surface area contributed by atoms with Crippen molar-refractivity contribution in [1.82, 2.24) is 19.9 Å². The van der Waals surface area contributed by atoms with Crippen LogP contribution in [0.25, 0.3) is 11.2 Å².